The Labute approximate surface area is 133 Å². The molecular formula is C18H28N2O2. The van der Waals surface area contributed by atoms with Crippen LogP contribution < -0.4 is 10.6 Å². The Hall–Kier alpha value is -1.84. The topological polar surface area (TPSA) is 58.2 Å². The smallest absolute Gasteiger partial charge is 0.225 e. The number of carbonyl (C=O) groups excluding carboxylic acids is 2. The van der Waals surface area contributed by atoms with Crippen LogP contribution in [0.4, 0.5) is 5.69 Å². The fourth-order valence-electron chi connectivity index (χ4n) is 2.04. The van der Waals surface area contributed by atoms with Crippen LogP contribution in [0.25, 0.3) is 0 Å². The van der Waals surface area contributed by atoms with E-state index in [4.69, 9.17) is 0 Å². The van der Waals surface area contributed by atoms with Gasteiger partial charge in [-0.1, -0.05) is 52.8 Å². The largest absolute Gasteiger partial charge is 0.356 e. The first-order chi connectivity index (χ1) is 10.2. The maximum Gasteiger partial charge on any atom is 0.225 e. The second-order valence-corrected chi connectivity index (χ2v) is 6.90. The van der Waals surface area contributed by atoms with Crippen molar-refractivity contribution in [3.63, 3.8) is 0 Å². The van der Waals surface area contributed by atoms with Crippen LogP contribution in [0.1, 0.15) is 58.9 Å². The number of rotatable bonds is 6. The number of anilines is 1. The maximum absolute atomic E-state index is 12.0. The van der Waals surface area contributed by atoms with Crippen LogP contribution in [0, 0.1) is 5.41 Å². The lowest BCUT2D eigenvalue weighted by Gasteiger charge is -2.17. The van der Waals surface area contributed by atoms with E-state index in [1.165, 1.54) is 0 Å². The van der Waals surface area contributed by atoms with Crippen LogP contribution in [0.5, 0.6) is 0 Å². The SMILES string of the molecule is CC(C)c1ccccc1NC(=O)CCCNC(=O)C(C)(C)C. The second-order valence-electron chi connectivity index (χ2n) is 6.90. The maximum atomic E-state index is 12.0. The van der Waals surface area contributed by atoms with Gasteiger partial charge < -0.3 is 10.6 Å². The lowest BCUT2D eigenvalue weighted by atomic mass is 9.96. The Kier molecular flexibility index (Phi) is 6.60. The predicted molar refractivity (Wildman–Crippen MR) is 90.9 cm³/mol. The molecule has 0 aliphatic heterocycles. The molecule has 22 heavy (non-hydrogen) atoms. The highest BCUT2D eigenvalue weighted by atomic mass is 16.2. The van der Waals surface area contributed by atoms with E-state index in [2.05, 4.69) is 24.5 Å². The van der Waals surface area contributed by atoms with Crippen LogP contribution in [-0.2, 0) is 9.59 Å². The van der Waals surface area contributed by atoms with Crippen molar-refractivity contribution >= 4 is 17.5 Å². The Bertz CT molecular complexity index is 516. The highest BCUT2D eigenvalue weighted by molar-refractivity contribution is 5.91. The molecule has 1 rings (SSSR count). The molecule has 122 valence electrons. The van der Waals surface area contributed by atoms with E-state index < -0.39 is 5.41 Å². The zero-order chi connectivity index (χ0) is 16.8. The van der Waals surface area contributed by atoms with Crippen molar-refractivity contribution in [3.05, 3.63) is 29.8 Å². The van der Waals surface area contributed by atoms with Crippen molar-refractivity contribution in [2.24, 2.45) is 5.41 Å². The summed E-state index contributed by atoms with van der Waals surface area (Å²) < 4.78 is 0. The summed E-state index contributed by atoms with van der Waals surface area (Å²) in [5, 5.41) is 5.81. The van der Waals surface area contributed by atoms with Gasteiger partial charge in [-0.3, -0.25) is 9.59 Å². The predicted octanol–water partition coefficient (Wildman–Crippen LogP) is 3.69. The molecule has 0 heterocycles. The van der Waals surface area contributed by atoms with Gasteiger partial charge in [-0.25, -0.2) is 0 Å². The Morgan fingerprint density at radius 1 is 1.14 bits per heavy atom. The van der Waals surface area contributed by atoms with Crippen LogP contribution in [0.15, 0.2) is 24.3 Å². The molecule has 0 saturated heterocycles. The number of nitrogens with one attached hydrogen (secondary N) is 2. The van der Waals surface area contributed by atoms with E-state index in [-0.39, 0.29) is 11.8 Å². The molecule has 0 fully saturated rings. The summed E-state index contributed by atoms with van der Waals surface area (Å²) >= 11 is 0. The molecule has 0 aliphatic carbocycles. The molecule has 0 spiro atoms. The van der Waals surface area contributed by atoms with Crippen molar-refractivity contribution < 1.29 is 9.59 Å². The third-order valence-electron chi connectivity index (χ3n) is 3.40. The van der Waals surface area contributed by atoms with E-state index in [1.54, 1.807) is 0 Å². The summed E-state index contributed by atoms with van der Waals surface area (Å²) in [5.74, 6) is 0.360. The van der Waals surface area contributed by atoms with Crippen molar-refractivity contribution in [1.29, 1.82) is 0 Å². The number of carbonyl (C=O) groups is 2. The van der Waals surface area contributed by atoms with Gasteiger partial charge in [-0.2, -0.15) is 0 Å². The molecular weight excluding hydrogens is 276 g/mol. The molecule has 0 atom stereocenters. The third kappa shape index (κ3) is 5.88. The molecule has 4 nitrogen and oxygen atoms in total. The lowest BCUT2D eigenvalue weighted by molar-refractivity contribution is -0.128. The third-order valence-corrected chi connectivity index (χ3v) is 3.40. The minimum atomic E-state index is -0.390. The highest BCUT2D eigenvalue weighted by Gasteiger charge is 2.20. The van der Waals surface area contributed by atoms with Gasteiger partial charge in [0.2, 0.25) is 11.8 Å². The molecule has 4 heteroatoms. The van der Waals surface area contributed by atoms with Gasteiger partial charge >= 0.3 is 0 Å². The van der Waals surface area contributed by atoms with Gasteiger partial charge in [0.15, 0.2) is 0 Å². The van der Waals surface area contributed by atoms with Crippen LogP contribution in [0.3, 0.4) is 0 Å². The molecule has 0 aliphatic rings. The Morgan fingerprint density at radius 3 is 2.36 bits per heavy atom. The molecule has 0 radical (unpaired) electrons. The zero-order valence-electron chi connectivity index (χ0n) is 14.3. The van der Waals surface area contributed by atoms with Crippen LogP contribution >= 0.6 is 0 Å². The number of amides is 2. The number of benzene rings is 1. The van der Waals surface area contributed by atoms with Crippen molar-refractivity contribution in [2.75, 3.05) is 11.9 Å². The summed E-state index contributed by atoms with van der Waals surface area (Å²) in [6.45, 7) is 10.4. The van der Waals surface area contributed by atoms with Crippen molar-refractivity contribution in [2.45, 2.75) is 53.4 Å². The summed E-state index contributed by atoms with van der Waals surface area (Å²) in [4.78, 5) is 23.7. The van der Waals surface area contributed by atoms with Gasteiger partial charge in [0.05, 0.1) is 0 Å². The van der Waals surface area contributed by atoms with E-state index in [0.717, 1.165) is 11.3 Å². The average molecular weight is 304 g/mol. The Morgan fingerprint density at radius 2 is 1.77 bits per heavy atom. The zero-order valence-corrected chi connectivity index (χ0v) is 14.3. The highest BCUT2D eigenvalue weighted by Crippen LogP contribution is 2.23. The Balaban J connectivity index is 2.40. The summed E-state index contributed by atoms with van der Waals surface area (Å²) in [6.07, 6.45) is 1.04. The molecule has 0 saturated carbocycles. The van der Waals surface area contributed by atoms with Gasteiger partial charge in [0.25, 0.3) is 0 Å². The molecule has 2 amide bonds. The fraction of sp³-hybridized carbons (Fsp3) is 0.556. The van der Waals surface area contributed by atoms with Gasteiger partial charge in [0.1, 0.15) is 0 Å². The minimum absolute atomic E-state index is 0.0121. The quantitative estimate of drug-likeness (QED) is 0.787. The second kappa shape index (κ2) is 7.97. The molecule has 0 unspecified atom stereocenters. The molecule has 0 aromatic heterocycles. The molecule has 1 aromatic carbocycles. The molecule has 2 N–H and O–H groups in total. The van der Waals surface area contributed by atoms with Crippen molar-refractivity contribution in [3.8, 4) is 0 Å². The molecule has 0 bridgehead atoms. The summed E-state index contributed by atoms with van der Waals surface area (Å²) in [7, 11) is 0. The van der Waals surface area contributed by atoms with Crippen LogP contribution in [-0.4, -0.2) is 18.4 Å². The van der Waals surface area contributed by atoms with E-state index in [0.29, 0.717) is 25.3 Å². The molecule has 1 aromatic rings. The normalized spacial score (nSPS) is 11.4. The number of para-hydroxylation sites is 1. The van der Waals surface area contributed by atoms with Crippen molar-refractivity contribution in [1.82, 2.24) is 5.32 Å². The van der Waals surface area contributed by atoms with E-state index in [9.17, 15) is 9.59 Å². The van der Waals surface area contributed by atoms with Gasteiger partial charge in [0, 0.05) is 24.1 Å². The monoisotopic (exact) mass is 304 g/mol. The number of hydrogen-bond acceptors (Lipinski definition) is 2. The van der Waals surface area contributed by atoms with Gasteiger partial charge in [-0.15, -0.1) is 0 Å². The van der Waals surface area contributed by atoms with Crippen LogP contribution in [0.2, 0.25) is 0 Å². The summed E-state index contributed by atoms with van der Waals surface area (Å²) in [5.41, 5.74) is 1.62. The first kappa shape index (κ1) is 18.2. The first-order valence-corrected chi connectivity index (χ1v) is 7.89. The first-order valence-electron chi connectivity index (χ1n) is 7.89. The summed E-state index contributed by atoms with van der Waals surface area (Å²) in [6, 6.07) is 7.86. The minimum Gasteiger partial charge on any atom is -0.356 e. The van der Waals surface area contributed by atoms with E-state index in [1.807, 2.05) is 45.0 Å². The van der Waals surface area contributed by atoms with Gasteiger partial charge in [-0.05, 0) is 24.0 Å². The fourth-order valence-corrected chi connectivity index (χ4v) is 2.04. The average Bonchev–Trinajstić information content (AvgIpc) is 2.42. The lowest BCUT2D eigenvalue weighted by Crippen LogP contribution is -2.35. The standard InChI is InChI=1S/C18H28N2O2/c1-13(2)14-9-6-7-10-15(14)20-16(21)11-8-12-19-17(22)18(3,4)5/h6-7,9-10,13H,8,11-12H2,1-5H3,(H,19,22)(H,20,21). The van der Waals surface area contributed by atoms with E-state index >= 15 is 0 Å². The number of hydrogen-bond donors (Lipinski definition) is 2.